The van der Waals surface area contributed by atoms with Crippen LogP contribution in [0.1, 0.15) is 53.2 Å². The molecular weight excluding hydrogens is 268 g/mol. The van der Waals surface area contributed by atoms with E-state index in [9.17, 15) is 4.79 Å². The lowest BCUT2D eigenvalue weighted by Gasteiger charge is -2.17. The normalized spacial score (nSPS) is 20.3. The van der Waals surface area contributed by atoms with E-state index >= 15 is 0 Å². The number of carbonyl (C=O) groups excluding carboxylic acids is 1. The molecule has 1 fully saturated rings. The van der Waals surface area contributed by atoms with E-state index in [2.05, 4.69) is 31.0 Å². The second kappa shape index (κ2) is 5.99. The number of rotatable bonds is 2. The Morgan fingerprint density at radius 3 is 2.95 bits per heavy atom. The van der Waals surface area contributed by atoms with Gasteiger partial charge < -0.3 is 11.1 Å². The first kappa shape index (κ1) is 15.1. The van der Waals surface area contributed by atoms with Crippen molar-refractivity contribution in [3.05, 3.63) is 21.4 Å². The minimum atomic E-state index is 0.0293. The summed E-state index contributed by atoms with van der Waals surface area (Å²) in [5, 5.41) is 3.15. The van der Waals surface area contributed by atoms with Crippen LogP contribution >= 0.6 is 11.3 Å². The molecule has 3 nitrogen and oxygen atoms in total. The highest BCUT2D eigenvalue weighted by Gasteiger charge is 2.32. The molecule has 108 valence electrons. The van der Waals surface area contributed by atoms with E-state index in [1.165, 1.54) is 17.8 Å². The standard InChI is InChI=1S/C16H22N2OS/c1-11-9-14(20-13(11)5-4-8-17)15(19)18-12-6-7-16(2,3)10-12/h9,12H,6-8,10,17H2,1-3H3,(H,18,19). The predicted molar refractivity (Wildman–Crippen MR) is 83.9 cm³/mol. The zero-order chi connectivity index (χ0) is 14.8. The second-order valence-electron chi connectivity index (χ2n) is 6.21. The molecule has 1 aromatic rings. The van der Waals surface area contributed by atoms with E-state index in [1.54, 1.807) is 0 Å². The summed E-state index contributed by atoms with van der Waals surface area (Å²) in [6.45, 7) is 6.84. The minimum absolute atomic E-state index is 0.0293. The first-order valence-corrected chi connectivity index (χ1v) is 7.83. The maximum absolute atomic E-state index is 12.3. The van der Waals surface area contributed by atoms with E-state index in [0.29, 0.717) is 18.0 Å². The summed E-state index contributed by atoms with van der Waals surface area (Å²) >= 11 is 1.45. The number of hydrogen-bond donors (Lipinski definition) is 2. The number of amides is 1. The summed E-state index contributed by atoms with van der Waals surface area (Å²) in [4.78, 5) is 14.0. The average Bonchev–Trinajstić information content (AvgIpc) is 2.90. The van der Waals surface area contributed by atoms with Crippen LogP contribution < -0.4 is 11.1 Å². The molecule has 1 saturated carbocycles. The molecule has 1 atom stereocenters. The smallest absolute Gasteiger partial charge is 0.261 e. The molecular formula is C16H22N2OS. The van der Waals surface area contributed by atoms with Gasteiger partial charge in [-0.05, 0) is 43.2 Å². The molecule has 1 aliphatic carbocycles. The first-order valence-electron chi connectivity index (χ1n) is 7.01. The van der Waals surface area contributed by atoms with E-state index in [4.69, 9.17) is 5.73 Å². The number of nitrogens with two attached hydrogens (primary N) is 1. The zero-order valence-corrected chi connectivity index (χ0v) is 13.2. The fourth-order valence-electron chi connectivity index (χ4n) is 2.67. The average molecular weight is 290 g/mol. The summed E-state index contributed by atoms with van der Waals surface area (Å²) in [6, 6.07) is 2.22. The molecule has 20 heavy (non-hydrogen) atoms. The Labute approximate surface area is 124 Å². The van der Waals surface area contributed by atoms with Crippen LogP contribution in [0.2, 0.25) is 0 Å². The van der Waals surface area contributed by atoms with Crippen LogP contribution in [0.25, 0.3) is 0 Å². The minimum Gasteiger partial charge on any atom is -0.349 e. The number of thiophene rings is 1. The SMILES string of the molecule is Cc1cc(C(=O)NC2CCC(C)(C)C2)sc1C#CCN. The molecule has 2 rings (SSSR count). The molecule has 0 aromatic carbocycles. The maximum atomic E-state index is 12.3. The third-order valence-electron chi connectivity index (χ3n) is 3.75. The highest BCUT2D eigenvalue weighted by molar-refractivity contribution is 7.14. The molecule has 1 amide bonds. The Kier molecular flexibility index (Phi) is 4.52. The highest BCUT2D eigenvalue weighted by atomic mass is 32.1. The summed E-state index contributed by atoms with van der Waals surface area (Å²) in [7, 11) is 0. The fourth-order valence-corrected chi connectivity index (χ4v) is 3.62. The fraction of sp³-hybridized carbons (Fsp3) is 0.562. The Morgan fingerprint density at radius 2 is 2.35 bits per heavy atom. The lowest BCUT2D eigenvalue weighted by Crippen LogP contribution is -2.33. The van der Waals surface area contributed by atoms with Crippen molar-refractivity contribution in [2.24, 2.45) is 11.1 Å². The van der Waals surface area contributed by atoms with Crippen molar-refractivity contribution in [3.8, 4) is 11.8 Å². The van der Waals surface area contributed by atoms with Crippen LogP contribution in [0, 0.1) is 24.2 Å². The summed E-state index contributed by atoms with van der Waals surface area (Å²) < 4.78 is 0. The van der Waals surface area contributed by atoms with Gasteiger partial charge in [-0.3, -0.25) is 4.79 Å². The molecule has 0 bridgehead atoms. The van der Waals surface area contributed by atoms with Gasteiger partial charge in [-0.15, -0.1) is 11.3 Å². The van der Waals surface area contributed by atoms with E-state index in [-0.39, 0.29) is 5.91 Å². The van der Waals surface area contributed by atoms with Crippen LogP contribution in [-0.4, -0.2) is 18.5 Å². The monoisotopic (exact) mass is 290 g/mol. The molecule has 1 heterocycles. The summed E-state index contributed by atoms with van der Waals surface area (Å²) in [5.74, 6) is 5.89. The maximum Gasteiger partial charge on any atom is 0.261 e. The van der Waals surface area contributed by atoms with Crippen LogP contribution in [0.15, 0.2) is 6.07 Å². The quantitative estimate of drug-likeness (QED) is 0.823. The Morgan fingerprint density at radius 1 is 1.60 bits per heavy atom. The van der Waals surface area contributed by atoms with Crippen LogP contribution in [0.3, 0.4) is 0 Å². The van der Waals surface area contributed by atoms with Crippen LogP contribution in [-0.2, 0) is 0 Å². The molecule has 0 radical (unpaired) electrons. The summed E-state index contributed by atoms with van der Waals surface area (Å²) in [5.41, 5.74) is 6.78. The lowest BCUT2D eigenvalue weighted by molar-refractivity contribution is 0.0940. The molecule has 4 heteroatoms. The van der Waals surface area contributed by atoms with Gasteiger partial charge in [-0.2, -0.15) is 0 Å². The van der Waals surface area contributed by atoms with Crippen LogP contribution in [0.5, 0.6) is 0 Å². The predicted octanol–water partition coefficient (Wildman–Crippen LogP) is 2.68. The number of hydrogen-bond acceptors (Lipinski definition) is 3. The lowest BCUT2D eigenvalue weighted by atomic mass is 9.92. The third-order valence-corrected chi connectivity index (χ3v) is 4.90. The van der Waals surface area contributed by atoms with E-state index < -0.39 is 0 Å². The second-order valence-corrected chi connectivity index (χ2v) is 7.26. The van der Waals surface area contributed by atoms with Crippen molar-refractivity contribution >= 4 is 17.2 Å². The molecule has 1 unspecified atom stereocenters. The molecule has 0 spiro atoms. The van der Waals surface area contributed by atoms with Crippen molar-refractivity contribution in [1.29, 1.82) is 0 Å². The van der Waals surface area contributed by atoms with Crippen molar-refractivity contribution in [2.75, 3.05) is 6.54 Å². The Hall–Kier alpha value is -1.31. The van der Waals surface area contributed by atoms with Crippen molar-refractivity contribution < 1.29 is 4.79 Å². The van der Waals surface area contributed by atoms with E-state index in [1.807, 2.05) is 13.0 Å². The van der Waals surface area contributed by atoms with Crippen LogP contribution in [0.4, 0.5) is 0 Å². The van der Waals surface area contributed by atoms with Gasteiger partial charge in [0.1, 0.15) is 0 Å². The summed E-state index contributed by atoms with van der Waals surface area (Å²) in [6.07, 6.45) is 3.31. The molecule has 1 aromatic heterocycles. The topological polar surface area (TPSA) is 55.1 Å². The molecule has 0 saturated heterocycles. The number of carbonyl (C=O) groups is 1. The highest BCUT2D eigenvalue weighted by Crippen LogP contribution is 2.37. The van der Waals surface area contributed by atoms with Gasteiger partial charge in [0.15, 0.2) is 0 Å². The van der Waals surface area contributed by atoms with Gasteiger partial charge >= 0.3 is 0 Å². The number of nitrogens with one attached hydrogen (secondary N) is 1. The Bertz CT molecular complexity index is 563. The molecule has 1 aliphatic rings. The van der Waals surface area contributed by atoms with Gasteiger partial charge in [0.25, 0.3) is 5.91 Å². The van der Waals surface area contributed by atoms with Gasteiger partial charge in [0.05, 0.1) is 16.3 Å². The Balaban J connectivity index is 2.03. The molecule has 3 N–H and O–H groups in total. The third kappa shape index (κ3) is 3.62. The van der Waals surface area contributed by atoms with Gasteiger partial charge in [0.2, 0.25) is 0 Å². The zero-order valence-electron chi connectivity index (χ0n) is 12.4. The largest absolute Gasteiger partial charge is 0.349 e. The number of aryl methyl sites for hydroxylation is 1. The van der Waals surface area contributed by atoms with Crippen molar-refractivity contribution in [2.45, 2.75) is 46.1 Å². The van der Waals surface area contributed by atoms with Gasteiger partial charge in [-0.1, -0.05) is 25.7 Å². The first-order chi connectivity index (χ1) is 9.41. The van der Waals surface area contributed by atoms with Gasteiger partial charge in [-0.25, -0.2) is 0 Å². The van der Waals surface area contributed by atoms with E-state index in [0.717, 1.165) is 28.2 Å². The van der Waals surface area contributed by atoms with Gasteiger partial charge in [0, 0.05) is 6.04 Å². The van der Waals surface area contributed by atoms with Crippen molar-refractivity contribution in [1.82, 2.24) is 5.32 Å². The molecule has 0 aliphatic heterocycles. The van der Waals surface area contributed by atoms with Crippen molar-refractivity contribution in [3.63, 3.8) is 0 Å².